The maximum Gasteiger partial charge on any atom is 0.337 e. The first-order valence-corrected chi connectivity index (χ1v) is 19.3. The molecule has 2 aliphatic heterocycles. The molecule has 0 radical (unpaired) electrons. The third kappa shape index (κ3) is 7.18. The maximum absolute atomic E-state index is 12.9. The molecule has 1 aromatic heterocycles. The van der Waals surface area contributed by atoms with Crippen LogP contribution in [0.2, 0.25) is 5.02 Å². The number of ether oxygens (including phenoxy) is 4. The lowest BCUT2D eigenvalue weighted by molar-refractivity contribution is -0.126. The van der Waals surface area contributed by atoms with Crippen molar-refractivity contribution in [3.05, 3.63) is 76.6 Å². The normalized spacial score (nSPS) is 27.2. The molecule has 2 fully saturated rings. The van der Waals surface area contributed by atoms with Gasteiger partial charge in [-0.1, -0.05) is 17.7 Å². The highest BCUT2D eigenvalue weighted by molar-refractivity contribution is 7.91. The number of sulfone groups is 1. The van der Waals surface area contributed by atoms with Crippen LogP contribution in [0.5, 0.6) is 5.75 Å². The highest BCUT2D eigenvalue weighted by Crippen LogP contribution is 2.47. The average Bonchev–Trinajstić information content (AvgIpc) is 3.23. The number of aromatic nitrogens is 2. The standard InChI is InChI=1S/C37H44ClN3O7S/c1-24(21-49(43,44)36-39-14-4-15-40-36)48-29-12-16-46-34(19-29)30-9-6-27(30)20-41-22-37(13-3-5-25-17-28(38)8-10-31(25)37)23-47-33-11-7-26(18-32(33)41)35(42)45-2/h4,7-8,10-11,14-15,17-18,24,27,29-30,34H,3,5-6,9,12-13,16,19-23H2,1-2H3/t24-,27+,29-,30-,34+,37+/m1/s1. The number of benzene rings is 2. The van der Waals surface area contributed by atoms with E-state index in [1.165, 1.54) is 30.6 Å². The van der Waals surface area contributed by atoms with E-state index >= 15 is 0 Å². The number of nitrogens with zero attached hydrogens (tertiary/aromatic N) is 3. The molecule has 1 saturated heterocycles. The van der Waals surface area contributed by atoms with Gasteiger partial charge in [-0.3, -0.25) is 0 Å². The lowest BCUT2D eigenvalue weighted by atomic mass is 9.67. The van der Waals surface area contributed by atoms with Crippen molar-refractivity contribution in [1.29, 1.82) is 0 Å². The summed E-state index contributed by atoms with van der Waals surface area (Å²) in [4.78, 5) is 22.9. The molecule has 49 heavy (non-hydrogen) atoms. The molecule has 1 saturated carbocycles. The second-order valence-corrected chi connectivity index (χ2v) is 16.5. The van der Waals surface area contributed by atoms with Crippen LogP contribution in [0.15, 0.2) is 60.0 Å². The van der Waals surface area contributed by atoms with Crippen LogP contribution in [0.4, 0.5) is 5.69 Å². The smallest absolute Gasteiger partial charge is 0.337 e. The topological polar surface area (TPSA) is 117 Å². The quantitative estimate of drug-likeness (QED) is 0.198. The zero-order valence-corrected chi connectivity index (χ0v) is 29.6. The van der Waals surface area contributed by atoms with Crippen LogP contribution in [0, 0.1) is 11.8 Å². The molecule has 0 N–H and O–H groups in total. The number of fused-ring (bicyclic) bond motifs is 3. The Kier molecular flexibility index (Phi) is 9.89. The van der Waals surface area contributed by atoms with Crippen molar-refractivity contribution in [2.75, 3.05) is 44.1 Å². The van der Waals surface area contributed by atoms with Gasteiger partial charge >= 0.3 is 5.97 Å². The molecule has 262 valence electrons. The van der Waals surface area contributed by atoms with Crippen molar-refractivity contribution in [3.63, 3.8) is 0 Å². The van der Waals surface area contributed by atoms with E-state index < -0.39 is 15.9 Å². The molecule has 0 amide bonds. The number of halogens is 1. The number of rotatable bonds is 9. The van der Waals surface area contributed by atoms with Gasteiger partial charge in [0.05, 0.1) is 49.0 Å². The number of hydrogen-bond donors (Lipinski definition) is 0. The number of aryl methyl sites for hydroxylation is 1. The number of esters is 1. The number of hydrogen-bond acceptors (Lipinski definition) is 10. The number of methoxy groups -OCH3 is 1. The molecular formula is C37H44ClN3O7S. The van der Waals surface area contributed by atoms with E-state index in [0.29, 0.717) is 30.6 Å². The van der Waals surface area contributed by atoms with E-state index in [0.717, 1.165) is 74.5 Å². The van der Waals surface area contributed by atoms with Gasteiger partial charge in [0.1, 0.15) is 5.75 Å². The molecule has 2 aliphatic carbocycles. The van der Waals surface area contributed by atoms with Gasteiger partial charge in [0.25, 0.3) is 0 Å². The van der Waals surface area contributed by atoms with Gasteiger partial charge in [-0.15, -0.1) is 0 Å². The van der Waals surface area contributed by atoms with Crippen LogP contribution in [-0.2, 0) is 35.9 Å². The Morgan fingerprint density at radius 2 is 1.98 bits per heavy atom. The van der Waals surface area contributed by atoms with Gasteiger partial charge in [-0.05, 0) is 105 Å². The van der Waals surface area contributed by atoms with Crippen LogP contribution in [0.1, 0.15) is 66.9 Å². The predicted octanol–water partition coefficient (Wildman–Crippen LogP) is 5.84. The van der Waals surface area contributed by atoms with E-state index in [2.05, 4.69) is 27.0 Å². The molecule has 12 heteroatoms. The maximum atomic E-state index is 12.9. The molecule has 3 aromatic rings. The Hall–Kier alpha value is -3.25. The van der Waals surface area contributed by atoms with Gasteiger partial charge in [-0.2, -0.15) is 0 Å². The highest BCUT2D eigenvalue weighted by atomic mass is 35.5. The van der Waals surface area contributed by atoms with Gasteiger partial charge in [-0.25, -0.2) is 23.2 Å². The monoisotopic (exact) mass is 709 g/mol. The summed E-state index contributed by atoms with van der Waals surface area (Å²) >= 11 is 6.44. The molecular weight excluding hydrogens is 666 g/mol. The van der Waals surface area contributed by atoms with E-state index in [4.69, 9.17) is 30.5 Å². The van der Waals surface area contributed by atoms with Crippen LogP contribution < -0.4 is 9.64 Å². The summed E-state index contributed by atoms with van der Waals surface area (Å²) in [5, 5.41) is 0.579. The van der Waals surface area contributed by atoms with Crippen molar-refractivity contribution in [1.82, 2.24) is 9.97 Å². The minimum absolute atomic E-state index is 0.0226. The van der Waals surface area contributed by atoms with Crippen LogP contribution in [0.3, 0.4) is 0 Å². The Balaban J connectivity index is 1.08. The first kappa shape index (κ1) is 34.2. The average molecular weight is 710 g/mol. The summed E-state index contributed by atoms with van der Waals surface area (Å²) in [6.45, 7) is 4.48. The third-order valence-electron chi connectivity index (χ3n) is 10.8. The molecule has 2 aromatic carbocycles. The fourth-order valence-electron chi connectivity index (χ4n) is 8.37. The van der Waals surface area contributed by atoms with E-state index in [9.17, 15) is 13.2 Å². The SMILES string of the molecule is COC(=O)c1ccc2c(c1)N(C[C@@H]1CC[C@H]1[C@@H]1C[C@H](O[C@H](C)CS(=O)(=O)c3ncccn3)CCO1)C[C@@]1(CCCc3cc(Cl)ccc31)CO2. The van der Waals surface area contributed by atoms with E-state index in [1.807, 2.05) is 18.2 Å². The molecule has 3 heterocycles. The minimum atomic E-state index is -3.66. The molecule has 0 unspecified atom stereocenters. The second kappa shape index (κ2) is 14.2. The van der Waals surface area contributed by atoms with Crippen molar-refractivity contribution in [2.45, 2.75) is 80.8 Å². The van der Waals surface area contributed by atoms with E-state index in [1.54, 1.807) is 19.1 Å². The largest absolute Gasteiger partial charge is 0.490 e. The first-order chi connectivity index (χ1) is 23.6. The third-order valence-corrected chi connectivity index (χ3v) is 12.7. The van der Waals surface area contributed by atoms with Gasteiger partial charge in [0.15, 0.2) is 0 Å². The lowest BCUT2D eigenvalue weighted by Crippen LogP contribution is -2.51. The van der Waals surface area contributed by atoms with E-state index in [-0.39, 0.29) is 34.5 Å². The number of carbonyl (C=O) groups is 1. The first-order valence-electron chi connectivity index (χ1n) is 17.3. The van der Waals surface area contributed by atoms with Crippen LogP contribution in [0.25, 0.3) is 0 Å². The van der Waals surface area contributed by atoms with Crippen molar-refractivity contribution < 1.29 is 32.2 Å². The fraction of sp³-hybridized carbons (Fsp3) is 0.541. The summed E-state index contributed by atoms with van der Waals surface area (Å²) in [5.74, 6) is 0.934. The number of anilines is 1. The van der Waals surface area contributed by atoms with Crippen molar-refractivity contribution in [2.24, 2.45) is 11.8 Å². The molecule has 1 spiro atoms. The van der Waals surface area contributed by atoms with Crippen LogP contribution >= 0.6 is 11.6 Å². The summed E-state index contributed by atoms with van der Waals surface area (Å²) < 4.78 is 50.1. The van der Waals surface area contributed by atoms with Gasteiger partial charge in [0, 0.05) is 48.9 Å². The van der Waals surface area contributed by atoms with Gasteiger partial charge in [0.2, 0.25) is 15.0 Å². The summed E-state index contributed by atoms with van der Waals surface area (Å²) in [6, 6.07) is 13.4. The van der Waals surface area contributed by atoms with Crippen molar-refractivity contribution in [3.8, 4) is 5.75 Å². The minimum Gasteiger partial charge on any atom is -0.490 e. The van der Waals surface area contributed by atoms with Crippen molar-refractivity contribution >= 4 is 33.1 Å². The Morgan fingerprint density at radius 3 is 2.76 bits per heavy atom. The molecule has 4 aliphatic rings. The molecule has 10 nitrogen and oxygen atoms in total. The number of carbonyl (C=O) groups excluding carboxylic acids is 1. The summed E-state index contributed by atoms with van der Waals surface area (Å²) in [7, 11) is -2.26. The fourth-order valence-corrected chi connectivity index (χ4v) is 9.85. The Bertz CT molecular complexity index is 1780. The van der Waals surface area contributed by atoms with Crippen LogP contribution in [-0.4, -0.2) is 81.8 Å². The summed E-state index contributed by atoms with van der Waals surface area (Å²) in [6.07, 6.45) is 8.91. The van der Waals surface area contributed by atoms with Gasteiger partial charge < -0.3 is 23.8 Å². The molecule has 7 rings (SSSR count). The Labute approximate surface area is 293 Å². The molecule has 6 atom stereocenters. The highest BCUT2D eigenvalue weighted by Gasteiger charge is 2.45. The summed E-state index contributed by atoms with van der Waals surface area (Å²) in [5.41, 5.74) is 3.77. The predicted molar refractivity (Wildman–Crippen MR) is 185 cm³/mol. The second-order valence-electron chi connectivity index (χ2n) is 14.1. The zero-order chi connectivity index (χ0) is 34.2. The zero-order valence-electron chi connectivity index (χ0n) is 28.1. The Morgan fingerprint density at radius 1 is 1.14 bits per heavy atom. The molecule has 0 bridgehead atoms. The lowest BCUT2D eigenvalue weighted by Gasteiger charge is -2.48.